The predicted molar refractivity (Wildman–Crippen MR) is 84.2 cm³/mol. The van der Waals surface area contributed by atoms with Gasteiger partial charge in [0.1, 0.15) is 0 Å². The Morgan fingerprint density at radius 1 is 1.50 bits per heavy atom. The molecular formula is C17H25N3O2. The van der Waals surface area contributed by atoms with Gasteiger partial charge in [0.15, 0.2) is 0 Å². The first kappa shape index (κ1) is 15.4. The SMILES string of the molecule is CCN1CC[C@H]2OCC[C@@H](C(=O)NCc3cccnc3)[C@@H]2C1. The molecule has 0 unspecified atom stereocenters. The Hall–Kier alpha value is -1.46. The van der Waals surface area contributed by atoms with E-state index in [1.54, 1.807) is 12.4 Å². The number of carbonyl (C=O) groups excluding carboxylic acids is 1. The summed E-state index contributed by atoms with van der Waals surface area (Å²) in [4.78, 5) is 19.1. The number of ether oxygens (including phenoxy) is 1. The molecule has 120 valence electrons. The third-order valence-electron chi connectivity index (χ3n) is 4.93. The molecule has 1 amide bonds. The van der Waals surface area contributed by atoms with E-state index in [1.165, 1.54) is 0 Å². The highest BCUT2D eigenvalue weighted by Gasteiger charge is 2.41. The molecule has 5 nitrogen and oxygen atoms in total. The van der Waals surface area contributed by atoms with Crippen molar-refractivity contribution >= 4 is 5.91 Å². The van der Waals surface area contributed by atoms with Crippen molar-refractivity contribution in [2.45, 2.75) is 32.4 Å². The van der Waals surface area contributed by atoms with Crippen LogP contribution in [0.4, 0.5) is 0 Å². The molecule has 2 saturated heterocycles. The number of nitrogens with one attached hydrogen (secondary N) is 1. The third-order valence-corrected chi connectivity index (χ3v) is 4.93. The lowest BCUT2D eigenvalue weighted by Crippen LogP contribution is -2.53. The van der Waals surface area contributed by atoms with E-state index in [9.17, 15) is 4.79 Å². The van der Waals surface area contributed by atoms with Gasteiger partial charge in [0.25, 0.3) is 0 Å². The summed E-state index contributed by atoms with van der Waals surface area (Å²) in [6.07, 6.45) is 5.68. The molecule has 1 N–H and O–H groups in total. The number of hydrogen-bond donors (Lipinski definition) is 1. The van der Waals surface area contributed by atoms with Crippen LogP contribution in [-0.4, -0.2) is 48.1 Å². The molecule has 0 saturated carbocycles. The number of rotatable bonds is 4. The van der Waals surface area contributed by atoms with Crippen molar-refractivity contribution in [2.75, 3.05) is 26.2 Å². The van der Waals surface area contributed by atoms with E-state index in [1.807, 2.05) is 12.1 Å². The molecule has 0 bridgehead atoms. The second-order valence-electron chi connectivity index (χ2n) is 6.23. The van der Waals surface area contributed by atoms with Crippen LogP contribution >= 0.6 is 0 Å². The van der Waals surface area contributed by atoms with E-state index in [0.717, 1.165) is 38.0 Å². The second kappa shape index (κ2) is 7.20. The summed E-state index contributed by atoms with van der Waals surface area (Å²) >= 11 is 0. The van der Waals surface area contributed by atoms with Gasteiger partial charge < -0.3 is 15.0 Å². The van der Waals surface area contributed by atoms with Crippen molar-refractivity contribution < 1.29 is 9.53 Å². The maximum absolute atomic E-state index is 12.6. The predicted octanol–water partition coefficient (Wildman–Crippen LogP) is 1.44. The zero-order valence-electron chi connectivity index (χ0n) is 13.2. The summed E-state index contributed by atoms with van der Waals surface area (Å²) < 4.78 is 5.90. The van der Waals surface area contributed by atoms with E-state index in [-0.39, 0.29) is 17.9 Å². The Morgan fingerprint density at radius 2 is 2.41 bits per heavy atom. The Bertz CT molecular complexity index is 494. The number of carbonyl (C=O) groups is 1. The van der Waals surface area contributed by atoms with Crippen molar-refractivity contribution in [1.29, 1.82) is 0 Å². The summed E-state index contributed by atoms with van der Waals surface area (Å²) in [7, 11) is 0. The highest BCUT2D eigenvalue weighted by molar-refractivity contribution is 5.79. The van der Waals surface area contributed by atoms with Gasteiger partial charge in [-0.25, -0.2) is 0 Å². The lowest BCUT2D eigenvalue weighted by molar-refractivity contribution is -0.141. The van der Waals surface area contributed by atoms with E-state index >= 15 is 0 Å². The summed E-state index contributed by atoms with van der Waals surface area (Å²) in [5, 5.41) is 3.08. The van der Waals surface area contributed by atoms with Crippen LogP contribution in [0.1, 0.15) is 25.3 Å². The van der Waals surface area contributed by atoms with E-state index in [2.05, 4.69) is 22.1 Å². The number of amides is 1. The fraction of sp³-hybridized carbons (Fsp3) is 0.647. The molecule has 0 aliphatic carbocycles. The maximum Gasteiger partial charge on any atom is 0.223 e. The van der Waals surface area contributed by atoms with Crippen LogP contribution in [0.5, 0.6) is 0 Å². The van der Waals surface area contributed by atoms with Crippen LogP contribution in [0, 0.1) is 11.8 Å². The summed E-state index contributed by atoms with van der Waals surface area (Å²) in [5.41, 5.74) is 1.04. The monoisotopic (exact) mass is 303 g/mol. The minimum Gasteiger partial charge on any atom is -0.378 e. The Kier molecular flexibility index (Phi) is 5.05. The van der Waals surface area contributed by atoms with Crippen LogP contribution in [0.15, 0.2) is 24.5 Å². The zero-order chi connectivity index (χ0) is 15.4. The number of piperidine rings is 1. The van der Waals surface area contributed by atoms with Gasteiger partial charge in [0.2, 0.25) is 5.91 Å². The highest BCUT2D eigenvalue weighted by Crippen LogP contribution is 2.33. The molecule has 5 heteroatoms. The number of nitrogens with zero attached hydrogens (tertiary/aromatic N) is 2. The average molecular weight is 303 g/mol. The molecule has 3 heterocycles. The van der Waals surface area contributed by atoms with E-state index in [4.69, 9.17) is 4.74 Å². The molecule has 3 rings (SSSR count). The molecule has 1 aromatic rings. The molecule has 2 aliphatic heterocycles. The van der Waals surface area contributed by atoms with Crippen molar-refractivity contribution in [3.8, 4) is 0 Å². The van der Waals surface area contributed by atoms with Gasteiger partial charge in [-0.3, -0.25) is 9.78 Å². The minimum atomic E-state index is 0.0739. The standard InChI is InChI=1S/C17H25N3O2/c1-2-20-8-5-16-15(12-20)14(6-9-22-16)17(21)19-11-13-4-3-7-18-10-13/h3-4,7,10,14-16H,2,5-6,8-9,11-12H2,1H3,(H,19,21)/t14-,15+,16-/m1/s1. The van der Waals surface area contributed by atoms with Gasteiger partial charge in [-0.05, 0) is 31.0 Å². The van der Waals surface area contributed by atoms with Gasteiger partial charge in [-0.1, -0.05) is 13.0 Å². The Balaban J connectivity index is 1.60. The smallest absolute Gasteiger partial charge is 0.223 e. The molecular weight excluding hydrogens is 278 g/mol. The van der Waals surface area contributed by atoms with Crippen LogP contribution in [0.2, 0.25) is 0 Å². The fourth-order valence-corrected chi connectivity index (χ4v) is 3.62. The van der Waals surface area contributed by atoms with Crippen molar-refractivity contribution in [3.63, 3.8) is 0 Å². The lowest BCUT2D eigenvalue weighted by Gasteiger charge is -2.44. The average Bonchev–Trinajstić information content (AvgIpc) is 2.59. The molecule has 0 spiro atoms. The van der Waals surface area contributed by atoms with Crippen LogP contribution in [0.25, 0.3) is 0 Å². The maximum atomic E-state index is 12.6. The first-order chi connectivity index (χ1) is 10.8. The van der Waals surface area contributed by atoms with Gasteiger partial charge in [-0.2, -0.15) is 0 Å². The largest absolute Gasteiger partial charge is 0.378 e. The summed E-state index contributed by atoms with van der Waals surface area (Å²) in [6, 6.07) is 3.88. The van der Waals surface area contributed by atoms with Crippen molar-refractivity contribution in [2.24, 2.45) is 11.8 Å². The number of aromatic nitrogens is 1. The Morgan fingerprint density at radius 3 is 3.18 bits per heavy atom. The quantitative estimate of drug-likeness (QED) is 0.914. The van der Waals surface area contributed by atoms with E-state index < -0.39 is 0 Å². The second-order valence-corrected chi connectivity index (χ2v) is 6.23. The third kappa shape index (κ3) is 3.47. The van der Waals surface area contributed by atoms with E-state index in [0.29, 0.717) is 19.1 Å². The first-order valence-corrected chi connectivity index (χ1v) is 8.28. The summed E-state index contributed by atoms with van der Waals surface area (Å²) in [6.45, 7) is 6.56. The topological polar surface area (TPSA) is 54.5 Å². The lowest BCUT2D eigenvalue weighted by atomic mass is 9.79. The van der Waals surface area contributed by atoms with Gasteiger partial charge in [0, 0.05) is 50.5 Å². The molecule has 2 fully saturated rings. The molecule has 22 heavy (non-hydrogen) atoms. The zero-order valence-corrected chi connectivity index (χ0v) is 13.2. The van der Waals surface area contributed by atoms with Gasteiger partial charge >= 0.3 is 0 Å². The highest BCUT2D eigenvalue weighted by atomic mass is 16.5. The fourth-order valence-electron chi connectivity index (χ4n) is 3.62. The summed E-state index contributed by atoms with van der Waals surface area (Å²) in [5.74, 6) is 0.571. The van der Waals surface area contributed by atoms with Gasteiger partial charge in [0.05, 0.1) is 6.10 Å². The molecule has 0 aromatic carbocycles. The Labute approximate surface area is 132 Å². The van der Waals surface area contributed by atoms with Crippen molar-refractivity contribution in [1.82, 2.24) is 15.2 Å². The number of hydrogen-bond acceptors (Lipinski definition) is 4. The van der Waals surface area contributed by atoms with Crippen LogP contribution in [-0.2, 0) is 16.1 Å². The molecule has 2 aliphatic rings. The normalized spacial score (nSPS) is 28.9. The van der Waals surface area contributed by atoms with Crippen molar-refractivity contribution in [3.05, 3.63) is 30.1 Å². The number of likely N-dealkylation sites (tertiary alicyclic amines) is 1. The molecule has 0 radical (unpaired) electrons. The minimum absolute atomic E-state index is 0.0739. The molecule has 3 atom stereocenters. The first-order valence-electron chi connectivity index (χ1n) is 8.28. The number of fused-ring (bicyclic) bond motifs is 1. The van der Waals surface area contributed by atoms with Crippen LogP contribution in [0.3, 0.4) is 0 Å². The molecule has 1 aromatic heterocycles. The van der Waals surface area contributed by atoms with Gasteiger partial charge in [-0.15, -0.1) is 0 Å². The van der Waals surface area contributed by atoms with Crippen LogP contribution < -0.4 is 5.32 Å². The number of pyridine rings is 1.